The molecule has 0 aliphatic rings. The minimum absolute atomic E-state index is 0.389. The van der Waals surface area contributed by atoms with Crippen molar-refractivity contribution < 1.29 is 14.7 Å². The predicted octanol–water partition coefficient (Wildman–Crippen LogP) is 1.36. The summed E-state index contributed by atoms with van der Waals surface area (Å²) in [5, 5.41) is 15.8. The minimum atomic E-state index is -1.00. The number of hydrogen-bond acceptors (Lipinski definition) is 3. The first-order chi connectivity index (χ1) is 8.99. The van der Waals surface area contributed by atoms with Crippen LogP contribution in [0.4, 0.5) is 0 Å². The van der Waals surface area contributed by atoms with E-state index in [0.29, 0.717) is 12.1 Å². The average Bonchev–Trinajstić information content (AvgIpc) is 2.75. The first kappa shape index (κ1) is 15.2. The first-order valence-corrected chi connectivity index (χ1v) is 6.56. The highest BCUT2D eigenvalue weighted by molar-refractivity contribution is 5.95. The van der Waals surface area contributed by atoms with Crippen molar-refractivity contribution in [2.45, 2.75) is 45.6 Å². The molecule has 0 radical (unpaired) electrons. The number of carboxylic acid groups (broad SMARTS) is 1. The van der Waals surface area contributed by atoms with Crippen molar-refractivity contribution in [2.24, 2.45) is 7.05 Å². The summed E-state index contributed by atoms with van der Waals surface area (Å²) >= 11 is 0. The summed E-state index contributed by atoms with van der Waals surface area (Å²) in [4.78, 5) is 23.1. The maximum absolute atomic E-state index is 12.0. The van der Waals surface area contributed by atoms with Crippen molar-refractivity contribution in [1.29, 1.82) is 0 Å². The van der Waals surface area contributed by atoms with Gasteiger partial charge in [0.15, 0.2) is 0 Å². The van der Waals surface area contributed by atoms with Crippen LogP contribution in [0.2, 0.25) is 0 Å². The Kier molecular flexibility index (Phi) is 5.54. The number of nitrogens with one attached hydrogen (secondary N) is 1. The highest BCUT2D eigenvalue weighted by Gasteiger charge is 2.21. The summed E-state index contributed by atoms with van der Waals surface area (Å²) in [7, 11) is 1.68. The van der Waals surface area contributed by atoms with Crippen LogP contribution in [0.25, 0.3) is 0 Å². The van der Waals surface area contributed by atoms with Crippen molar-refractivity contribution >= 4 is 11.9 Å². The van der Waals surface area contributed by atoms with Crippen LogP contribution in [-0.2, 0) is 18.3 Å². The molecule has 1 heterocycles. The van der Waals surface area contributed by atoms with Crippen LogP contribution >= 0.6 is 0 Å². The molecular weight excluding hydrogens is 246 g/mol. The van der Waals surface area contributed by atoms with Gasteiger partial charge in [-0.05, 0) is 18.9 Å². The van der Waals surface area contributed by atoms with E-state index < -0.39 is 17.9 Å². The first-order valence-electron chi connectivity index (χ1n) is 6.56. The van der Waals surface area contributed by atoms with Gasteiger partial charge in [0.05, 0.1) is 5.69 Å². The molecule has 0 saturated heterocycles. The van der Waals surface area contributed by atoms with E-state index in [9.17, 15) is 9.59 Å². The van der Waals surface area contributed by atoms with Crippen LogP contribution in [0.5, 0.6) is 0 Å². The second-order valence-corrected chi connectivity index (χ2v) is 4.50. The molecule has 0 fully saturated rings. The van der Waals surface area contributed by atoms with E-state index in [1.54, 1.807) is 13.1 Å². The van der Waals surface area contributed by atoms with E-state index in [1.807, 2.05) is 13.8 Å². The number of carboxylic acids is 1. The van der Waals surface area contributed by atoms with Gasteiger partial charge in [-0.15, -0.1) is 0 Å². The molecule has 0 spiro atoms. The molecule has 0 bridgehead atoms. The number of amides is 1. The minimum Gasteiger partial charge on any atom is -0.480 e. The molecule has 1 aromatic heterocycles. The number of rotatable bonds is 7. The smallest absolute Gasteiger partial charge is 0.326 e. The molecule has 19 heavy (non-hydrogen) atoms. The van der Waals surface area contributed by atoms with Crippen molar-refractivity contribution in [1.82, 2.24) is 15.1 Å². The van der Waals surface area contributed by atoms with Gasteiger partial charge in [-0.1, -0.05) is 26.7 Å². The van der Waals surface area contributed by atoms with Gasteiger partial charge in [-0.25, -0.2) is 4.79 Å². The van der Waals surface area contributed by atoms with Gasteiger partial charge in [-0.3, -0.25) is 9.48 Å². The highest BCUT2D eigenvalue weighted by atomic mass is 16.4. The average molecular weight is 267 g/mol. The second-order valence-electron chi connectivity index (χ2n) is 4.50. The van der Waals surface area contributed by atoms with Crippen LogP contribution in [0.3, 0.4) is 0 Å². The zero-order chi connectivity index (χ0) is 14.4. The van der Waals surface area contributed by atoms with Gasteiger partial charge in [0, 0.05) is 7.05 Å². The van der Waals surface area contributed by atoms with Crippen molar-refractivity contribution in [3.05, 3.63) is 17.5 Å². The Morgan fingerprint density at radius 1 is 1.47 bits per heavy atom. The molecule has 1 rings (SSSR count). The Bertz CT molecular complexity index is 454. The van der Waals surface area contributed by atoms with Crippen LogP contribution in [0.1, 0.15) is 49.3 Å². The number of hydrogen-bond donors (Lipinski definition) is 2. The maximum Gasteiger partial charge on any atom is 0.326 e. The number of aliphatic carboxylic acids is 1. The number of aromatic nitrogens is 2. The van der Waals surface area contributed by atoms with Gasteiger partial charge < -0.3 is 10.4 Å². The number of aryl methyl sites for hydroxylation is 2. The molecule has 1 aromatic rings. The Morgan fingerprint density at radius 3 is 2.63 bits per heavy atom. The summed E-state index contributed by atoms with van der Waals surface area (Å²) in [6.45, 7) is 3.93. The van der Waals surface area contributed by atoms with E-state index >= 15 is 0 Å². The quantitative estimate of drug-likeness (QED) is 0.781. The maximum atomic E-state index is 12.0. The number of carbonyl (C=O) groups is 2. The SMILES string of the molecule is CCCC[C@H](NC(=O)c1cc(CC)nn1C)C(=O)O. The fraction of sp³-hybridized carbons (Fsp3) is 0.615. The molecule has 6 heteroatoms. The largest absolute Gasteiger partial charge is 0.480 e. The third kappa shape index (κ3) is 4.08. The molecule has 1 atom stereocenters. The van der Waals surface area contributed by atoms with Crippen LogP contribution in [-0.4, -0.2) is 32.8 Å². The van der Waals surface area contributed by atoms with Crippen LogP contribution in [0.15, 0.2) is 6.07 Å². The van der Waals surface area contributed by atoms with E-state index in [2.05, 4.69) is 10.4 Å². The predicted molar refractivity (Wildman–Crippen MR) is 71.0 cm³/mol. The van der Waals surface area contributed by atoms with Crippen molar-refractivity contribution in [3.63, 3.8) is 0 Å². The van der Waals surface area contributed by atoms with Crippen molar-refractivity contribution in [2.75, 3.05) is 0 Å². The standard InChI is InChI=1S/C13H21N3O3/c1-4-6-7-10(13(18)19)14-12(17)11-8-9(5-2)15-16(11)3/h8,10H,4-7H2,1-3H3,(H,14,17)(H,18,19)/t10-/m0/s1. The Balaban J connectivity index is 2.75. The zero-order valence-corrected chi connectivity index (χ0v) is 11.6. The molecule has 1 amide bonds. The van der Waals surface area contributed by atoms with Gasteiger partial charge in [0.25, 0.3) is 5.91 Å². The number of unbranched alkanes of at least 4 members (excludes halogenated alkanes) is 1. The van der Waals surface area contributed by atoms with E-state index in [0.717, 1.165) is 25.0 Å². The Morgan fingerprint density at radius 2 is 2.16 bits per heavy atom. The fourth-order valence-corrected chi connectivity index (χ4v) is 1.81. The summed E-state index contributed by atoms with van der Waals surface area (Å²) in [6.07, 6.45) is 2.84. The Labute approximate surface area is 112 Å². The molecule has 0 saturated carbocycles. The van der Waals surface area contributed by atoms with Gasteiger partial charge in [-0.2, -0.15) is 5.10 Å². The lowest BCUT2D eigenvalue weighted by molar-refractivity contribution is -0.139. The van der Waals surface area contributed by atoms with Gasteiger partial charge in [0.2, 0.25) is 0 Å². The highest BCUT2D eigenvalue weighted by Crippen LogP contribution is 2.06. The van der Waals surface area contributed by atoms with E-state index in [1.165, 1.54) is 4.68 Å². The topological polar surface area (TPSA) is 84.2 Å². The zero-order valence-electron chi connectivity index (χ0n) is 11.6. The molecule has 0 aliphatic carbocycles. The second kappa shape index (κ2) is 6.92. The normalized spacial score (nSPS) is 12.2. The van der Waals surface area contributed by atoms with Gasteiger partial charge in [0.1, 0.15) is 11.7 Å². The summed E-state index contributed by atoms with van der Waals surface area (Å²) < 4.78 is 1.48. The fourth-order valence-electron chi connectivity index (χ4n) is 1.81. The lowest BCUT2D eigenvalue weighted by atomic mass is 10.1. The van der Waals surface area contributed by atoms with E-state index in [-0.39, 0.29) is 0 Å². The lowest BCUT2D eigenvalue weighted by Gasteiger charge is -2.13. The molecule has 0 aliphatic heterocycles. The third-order valence-corrected chi connectivity index (χ3v) is 2.98. The van der Waals surface area contributed by atoms with Crippen molar-refractivity contribution in [3.8, 4) is 0 Å². The number of nitrogens with zero attached hydrogens (tertiary/aromatic N) is 2. The summed E-state index contributed by atoms with van der Waals surface area (Å²) in [5.41, 5.74) is 1.20. The molecule has 0 aromatic carbocycles. The van der Waals surface area contributed by atoms with E-state index in [4.69, 9.17) is 5.11 Å². The molecule has 0 unspecified atom stereocenters. The molecular formula is C13H21N3O3. The summed E-state index contributed by atoms with van der Waals surface area (Å²) in [6, 6.07) is 0.848. The molecule has 6 nitrogen and oxygen atoms in total. The van der Waals surface area contributed by atoms with Crippen LogP contribution in [0, 0.1) is 0 Å². The monoisotopic (exact) mass is 267 g/mol. The van der Waals surface area contributed by atoms with Crippen LogP contribution < -0.4 is 5.32 Å². The number of carbonyl (C=O) groups excluding carboxylic acids is 1. The lowest BCUT2D eigenvalue weighted by Crippen LogP contribution is -2.41. The van der Waals surface area contributed by atoms with Gasteiger partial charge >= 0.3 is 5.97 Å². The molecule has 2 N–H and O–H groups in total. The summed E-state index contributed by atoms with van der Waals surface area (Å²) in [5.74, 6) is -1.39. The Hall–Kier alpha value is -1.85. The third-order valence-electron chi connectivity index (χ3n) is 2.98. The molecule has 106 valence electrons.